The van der Waals surface area contributed by atoms with E-state index >= 15 is 0 Å². The van der Waals surface area contributed by atoms with Crippen molar-refractivity contribution < 1.29 is 14.7 Å². The monoisotopic (exact) mass is 407 g/mol. The number of phenolic OH excluding ortho intramolecular Hbond substituents is 1. The highest BCUT2D eigenvalue weighted by atomic mass is 16.3. The van der Waals surface area contributed by atoms with E-state index in [-0.39, 0.29) is 29.5 Å². The lowest BCUT2D eigenvalue weighted by atomic mass is 9.80. The van der Waals surface area contributed by atoms with Crippen LogP contribution in [0.2, 0.25) is 0 Å². The summed E-state index contributed by atoms with van der Waals surface area (Å²) < 4.78 is 0. The Balaban J connectivity index is 1.53. The zero-order valence-corrected chi connectivity index (χ0v) is 17.4. The fourth-order valence-corrected chi connectivity index (χ4v) is 4.79. The van der Waals surface area contributed by atoms with Crippen LogP contribution < -0.4 is 5.32 Å². The smallest absolute Gasteiger partial charge is 0.242 e. The van der Waals surface area contributed by atoms with Gasteiger partial charge < -0.3 is 15.3 Å². The van der Waals surface area contributed by atoms with Crippen LogP contribution >= 0.6 is 0 Å². The van der Waals surface area contributed by atoms with Gasteiger partial charge in [0.2, 0.25) is 11.8 Å². The van der Waals surface area contributed by atoms with Gasteiger partial charge in [-0.2, -0.15) is 0 Å². The van der Waals surface area contributed by atoms with Crippen LogP contribution in [-0.4, -0.2) is 52.9 Å². The lowest BCUT2D eigenvalue weighted by molar-refractivity contribution is -0.134. The first-order valence-corrected chi connectivity index (χ1v) is 10.5. The number of carbonyl (C=O) groups excluding carboxylic acids is 2. The minimum atomic E-state index is -0.186. The molecule has 6 nitrogen and oxygen atoms in total. The van der Waals surface area contributed by atoms with Crippen molar-refractivity contribution in [3.8, 4) is 5.75 Å². The second-order valence-corrected chi connectivity index (χ2v) is 8.73. The zero-order chi connectivity index (χ0) is 21.1. The number of fused-ring (bicyclic) bond motifs is 1. The molecule has 0 aromatic heterocycles. The van der Waals surface area contributed by atoms with Crippen LogP contribution in [0.1, 0.15) is 30.0 Å². The molecular formula is C24H29N3O3. The van der Waals surface area contributed by atoms with Gasteiger partial charge in [0.05, 0.1) is 6.54 Å². The minimum absolute atomic E-state index is 0.00933. The summed E-state index contributed by atoms with van der Waals surface area (Å²) in [5, 5.41) is 12.2. The molecule has 0 saturated carbocycles. The maximum atomic E-state index is 12.9. The van der Waals surface area contributed by atoms with Gasteiger partial charge in [0.15, 0.2) is 0 Å². The van der Waals surface area contributed by atoms with Crippen molar-refractivity contribution in [2.24, 2.45) is 5.41 Å². The Morgan fingerprint density at radius 2 is 1.80 bits per heavy atom. The van der Waals surface area contributed by atoms with Crippen LogP contribution in [-0.2, 0) is 29.1 Å². The van der Waals surface area contributed by atoms with E-state index in [2.05, 4.69) is 28.4 Å². The molecule has 2 aromatic rings. The van der Waals surface area contributed by atoms with Crippen LogP contribution in [0.15, 0.2) is 48.5 Å². The summed E-state index contributed by atoms with van der Waals surface area (Å²) in [5.74, 6) is 0.0674. The van der Waals surface area contributed by atoms with E-state index in [0.717, 1.165) is 32.5 Å². The largest absolute Gasteiger partial charge is 0.508 e. The molecule has 1 fully saturated rings. The number of amides is 2. The number of phenols is 1. The van der Waals surface area contributed by atoms with Gasteiger partial charge in [-0.15, -0.1) is 0 Å². The van der Waals surface area contributed by atoms with Gasteiger partial charge in [0, 0.05) is 38.5 Å². The predicted molar refractivity (Wildman–Crippen MR) is 115 cm³/mol. The van der Waals surface area contributed by atoms with Crippen molar-refractivity contribution in [3.63, 3.8) is 0 Å². The van der Waals surface area contributed by atoms with Crippen molar-refractivity contribution in [3.05, 3.63) is 65.2 Å². The van der Waals surface area contributed by atoms with Crippen molar-refractivity contribution in [1.82, 2.24) is 15.1 Å². The van der Waals surface area contributed by atoms with E-state index in [9.17, 15) is 14.7 Å². The van der Waals surface area contributed by atoms with E-state index in [1.165, 1.54) is 23.6 Å². The summed E-state index contributed by atoms with van der Waals surface area (Å²) in [4.78, 5) is 28.5. The molecule has 30 heavy (non-hydrogen) atoms. The Morgan fingerprint density at radius 3 is 2.53 bits per heavy atom. The van der Waals surface area contributed by atoms with Crippen LogP contribution in [0.4, 0.5) is 0 Å². The van der Waals surface area contributed by atoms with Crippen molar-refractivity contribution in [2.45, 2.75) is 32.9 Å². The first kappa shape index (κ1) is 20.4. The zero-order valence-electron chi connectivity index (χ0n) is 17.4. The third-order valence-electron chi connectivity index (χ3n) is 6.27. The SMILES string of the molecule is CC(=O)NCC(=O)N1Cc2ccccc2CC2(CCN(Cc3ccc(O)cc3)C2)C1. The normalized spacial score (nSPS) is 21.3. The number of nitrogens with one attached hydrogen (secondary N) is 1. The molecule has 1 atom stereocenters. The number of likely N-dealkylation sites (tertiary alicyclic amines) is 1. The summed E-state index contributed by atoms with van der Waals surface area (Å²) in [6.07, 6.45) is 1.99. The third-order valence-corrected chi connectivity index (χ3v) is 6.27. The summed E-state index contributed by atoms with van der Waals surface area (Å²) in [7, 11) is 0. The topological polar surface area (TPSA) is 72.9 Å². The van der Waals surface area contributed by atoms with Gasteiger partial charge in [-0.25, -0.2) is 0 Å². The molecule has 0 aliphatic carbocycles. The standard InChI is InChI=1S/C24H29N3O3/c1-18(28)25-13-23(30)27-15-21-5-3-2-4-20(21)12-24(17-27)10-11-26(16-24)14-19-6-8-22(29)9-7-19/h2-9,29H,10-17H2,1H3,(H,25,28). The maximum absolute atomic E-state index is 12.9. The Bertz CT molecular complexity index is 928. The number of benzene rings is 2. The highest BCUT2D eigenvalue weighted by Crippen LogP contribution is 2.39. The summed E-state index contributed by atoms with van der Waals surface area (Å²) in [5.41, 5.74) is 3.70. The molecule has 2 heterocycles. The molecule has 4 rings (SSSR count). The quantitative estimate of drug-likeness (QED) is 0.816. The van der Waals surface area contributed by atoms with Crippen molar-refractivity contribution >= 4 is 11.8 Å². The first-order chi connectivity index (χ1) is 14.4. The van der Waals surface area contributed by atoms with Crippen LogP contribution in [0.5, 0.6) is 5.75 Å². The molecule has 6 heteroatoms. The molecule has 2 aliphatic rings. The Hall–Kier alpha value is -2.86. The molecule has 1 spiro atoms. The van der Waals surface area contributed by atoms with Crippen LogP contribution in [0.25, 0.3) is 0 Å². The van der Waals surface area contributed by atoms with Gasteiger partial charge in [-0.05, 0) is 48.2 Å². The minimum Gasteiger partial charge on any atom is -0.508 e. The highest BCUT2D eigenvalue weighted by molar-refractivity contribution is 5.83. The number of hydrogen-bond acceptors (Lipinski definition) is 4. The molecule has 2 aliphatic heterocycles. The molecular weight excluding hydrogens is 378 g/mol. The Labute approximate surface area is 177 Å². The van der Waals surface area contributed by atoms with E-state index in [0.29, 0.717) is 13.1 Å². The maximum Gasteiger partial charge on any atom is 0.242 e. The van der Waals surface area contributed by atoms with E-state index < -0.39 is 0 Å². The second-order valence-electron chi connectivity index (χ2n) is 8.73. The van der Waals surface area contributed by atoms with Gasteiger partial charge in [-0.3, -0.25) is 14.5 Å². The second kappa shape index (κ2) is 8.48. The molecule has 2 N–H and O–H groups in total. The van der Waals surface area contributed by atoms with E-state index in [1.807, 2.05) is 23.1 Å². The van der Waals surface area contributed by atoms with Gasteiger partial charge >= 0.3 is 0 Å². The number of rotatable bonds is 4. The average molecular weight is 408 g/mol. The summed E-state index contributed by atoms with van der Waals surface area (Å²) in [6, 6.07) is 15.8. The lowest BCUT2D eigenvalue weighted by Crippen LogP contribution is -2.45. The number of nitrogens with zero attached hydrogens (tertiary/aromatic N) is 2. The number of carbonyl (C=O) groups is 2. The van der Waals surface area contributed by atoms with Gasteiger partial charge in [0.1, 0.15) is 5.75 Å². The Kier molecular flexibility index (Phi) is 5.77. The number of aromatic hydroxyl groups is 1. The average Bonchev–Trinajstić information content (AvgIpc) is 3.01. The fourth-order valence-electron chi connectivity index (χ4n) is 4.79. The lowest BCUT2D eigenvalue weighted by Gasteiger charge is -2.33. The molecule has 158 valence electrons. The van der Waals surface area contributed by atoms with Crippen molar-refractivity contribution in [2.75, 3.05) is 26.2 Å². The molecule has 0 bridgehead atoms. The molecule has 2 aromatic carbocycles. The van der Waals surface area contributed by atoms with Gasteiger partial charge in [0.25, 0.3) is 0 Å². The fraction of sp³-hybridized carbons (Fsp3) is 0.417. The van der Waals surface area contributed by atoms with Gasteiger partial charge in [-0.1, -0.05) is 36.4 Å². The van der Waals surface area contributed by atoms with Crippen LogP contribution in [0.3, 0.4) is 0 Å². The number of hydrogen-bond donors (Lipinski definition) is 2. The summed E-state index contributed by atoms with van der Waals surface area (Å²) in [6.45, 7) is 5.52. The van der Waals surface area contributed by atoms with E-state index in [1.54, 1.807) is 12.1 Å². The van der Waals surface area contributed by atoms with E-state index in [4.69, 9.17) is 0 Å². The molecule has 2 amide bonds. The first-order valence-electron chi connectivity index (χ1n) is 10.5. The summed E-state index contributed by atoms with van der Waals surface area (Å²) >= 11 is 0. The molecule has 1 saturated heterocycles. The molecule has 1 unspecified atom stereocenters. The van der Waals surface area contributed by atoms with Crippen molar-refractivity contribution in [1.29, 1.82) is 0 Å². The predicted octanol–water partition coefficient (Wildman–Crippen LogP) is 2.31. The third kappa shape index (κ3) is 4.65. The Morgan fingerprint density at radius 1 is 1.07 bits per heavy atom. The molecule has 0 radical (unpaired) electrons. The highest BCUT2D eigenvalue weighted by Gasteiger charge is 2.42. The van der Waals surface area contributed by atoms with Crippen LogP contribution in [0, 0.1) is 5.41 Å².